The standard InChI is InChI=1S/C22H25F3O3/c1-3-26-13-16-7-5-15(12-28-16)18-9-8-17(21(24)22(18)25)14-6-10-20(27-4-2)19(23)11-14/h6,8-11,15-16H,3-5,7,12-13H2,1-2H3. The van der Waals surface area contributed by atoms with E-state index in [0.717, 1.165) is 12.5 Å². The Bertz CT molecular complexity index is 802. The molecule has 2 aromatic carbocycles. The van der Waals surface area contributed by atoms with Crippen molar-refractivity contribution < 1.29 is 27.4 Å². The molecule has 2 aromatic rings. The number of hydrogen-bond acceptors (Lipinski definition) is 3. The van der Waals surface area contributed by atoms with Crippen molar-refractivity contribution in [3.63, 3.8) is 0 Å². The fraction of sp³-hybridized carbons (Fsp3) is 0.455. The van der Waals surface area contributed by atoms with Crippen LogP contribution in [0.2, 0.25) is 0 Å². The first-order chi connectivity index (χ1) is 13.5. The van der Waals surface area contributed by atoms with Crippen LogP contribution in [0.15, 0.2) is 30.3 Å². The van der Waals surface area contributed by atoms with Gasteiger partial charge in [0.15, 0.2) is 23.2 Å². The molecule has 0 radical (unpaired) electrons. The molecule has 0 saturated carbocycles. The van der Waals surface area contributed by atoms with Crippen molar-refractivity contribution in [2.75, 3.05) is 26.4 Å². The van der Waals surface area contributed by atoms with Crippen LogP contribution >= 0.6 is 0 Å². The summed E-state index contributed by atoms with van der Waals surface area (Å²) in [6.45, 7) is 5.45. The minimum atomic E-state index is -0.975. The van der Waals surface area contributed by atoms with Crippen LogP contribution in [0.3, 0.4) is 0 Å². The molecule has 0 N–H and O–H groups in total. The zero-order valence-electron chi connectivity index (χ0n) is 16.1. The predicted octanol–water partition coefficient (Wildman–Crippen LogP) is 5.47. The molecule has 2 unspecified atom stereocenters. The third-order valence-corrected chi connectivity index (χ3v) is 4.97. The lowest BCUT2D eigenvalue weighted by Gasteiger charge is -2.29. The van der Waals surface area contributed by atoms with Gasteiger partial charge in [0.25, 0.3) is 0 Å². The number of halogens is 3. The van der Waals surface area contributed by atoms with E-state index in [1.165, 1.54) is 18.2 Å². The van der Waals surface area contributed by atoms with Crippen LogP contribution in [0.4, 0.5) is 13.2 Å². The second-order valence-electron chi connectivity index (χ2n) is 6.80. The molecule has 1 heterocycles. The van der Waals surface area contributed by atoms with Crippen LogP contribution in [-0.4, -0.2) is 32.5 Å². The molecule has 0 aromatic heterocycles. The second-order valence-corrected chi connectivity index (χ2v) is 6.80. The lowest BCUT2D eigenvalue weighted by Crippen LogP contribution is -2.29. The maximum Gasteiger partial charge on any atom is 0.166 e. The Morgan fingerprint density at radius 3 is 2.46 bits per heavy atom. The minimum Gasteiger partial charge on any atom is -0.491 e. The van der Waals surface area contributed by atoms with Crippen molar-refractivity contribution in [2.45, 2.75) is 38.7 Å². The van der Waals surface area contributed by atoms with E-state index in [0.29, 0.717) is 38.4 Å². The summed E-state index contributed by atoms with van der Waals surface area (Å²) >= 11 is 0. The van der Waals surface area contributed by atoms with E-state index in [2.05, 4.69) is 0 Å². The van der Waals surface area contributed by atoms with Crippen LogP contribution in [-0.2, 0) is 9.47 Å². The van der Waals surface area contributed by atoms with Gasteiger partial charge in [-0.15, -0.1) is 0 Å². The van der Waals surface area contributed by atoms with Crippen molar-refractivity contribution >= 4 is 0 Å². The summed E-state index contributed by atoms with van der Waals surface area (Å²) in [5.41, 5.74) is 0.581. The molecule has 2 atom stereocenters. The SMILES string of the molecule is CCOCC1CCC(c2ccc(-c3ccc(OCC)c(F)c3)c(F)c2F)CO1. The van der Waals surface area contributed by atoms with Crippen molar-refractivity contribution in [3.05, 3.63) is 53.3 Å². The van der Waals surface area contributed by atoms with Gasteiger partial charge in [0.2, 0.25) is 0 Å². The minimum absolute atomic E-state index is 0.00443. The summed E-state index contributed by atoms with van der Waals surface area (Å²) in [7, 11) is 0. The number of hydrogen-bond donors (Lipinski definition) is 0. The lowest BCUT2D eigenvalue weighted by atomic mass is 9.89. The molecule has 6 heteroatoms. The molecular formula is C22H25F3O3. The van der Waals surface area contributed by atoms with Crippen LogP contribution in [0, 0.1) is 17.5 Å². The van der Waals surface area contributed by atoms with Gasteiger partial charge < -0.3 is 14.2 Å². The smallest absolute Gasteiger partial charge is 0.166 e. The van der Waals surface area contributed by atoms with Crippen LogP contribution in [0.25, 0.3) is 11.1 Å². The fourth-order valence-corrected chi connectivity index (χ4v) is 3.48. The summed E-state index contributed by atoms with van der Waals surface area (Å²) < 4.78 is 59.8. The predicted molar refractivity (Wildman–Crippen MR) is 101 cm³/mol. The summed E-state index contributed by atoms with van der Waals surface area (Å²) in [4.78, 5) is 0. The summed E-state index contributed by atoms with van der Waals surface area (Å²) in [6, 6.07) is 7.17. The zero-order chi connectivity index (χ0) is 20.1. The first kappa shape index (κ1) is 20.7. The first-order valence-corrected chi connectivity index (χ1v) is 9.65. The molecule has 1 fully saturated rings. The molecular weight excluding hydrogens is 369 g/mol. The molecule has 3 rings (SSSR count). The molecule has 0 bridgehead atoms. The highest BCUT2D eigenvalue weighted by Gasteiger charge is 2.27. The Morgan fingerprint density at radius 2 is 1.82 bits per heavy atom. The van der Waals surface area contributed by atoms with Gasteiger partial charge >= 0.3 is 0 Å². The number of benzene rings is 2. The normalized spacial score (nSPS) is 19.6. The molecule has 28 heavy (non-hydrogen) atoms. The van der Waals surface area contributed by atoms with Crippen LogP contribution < -0.4 is 4.74 Å². The largest absolute Gasteiger partial charge is 0.491 e. The highest BCUT2D eigenvalue weighted by molar-refractivity contribution is 5.66. The van der Waals surface area contributed by atoms with Gasteiger partial charge in [-0.2, -0.15) is 0 Å². The summed E-state index contributed by atoms with van der Waals surface area (Å²) in [5.74, 6) is -2.60. The van der Waals surface area contributed by atoms with Crippen molar-refractivity contribution in [1.29, 1.82) is 0 Å². The van der Waals surface area contributed by atoms with Gasteiger partial charge in [-0.3, -0.25) is 0 Å². The topological polar surface area (TPSA) is 27.7 Å². The Hall–Kier alpha value is -2.05. The number of ether oxygens (including phenoxy) is 3. The third kappa shape index (κ3) is 4.50. The second kappa shape index (κ2) is 9.43. The maximum absolute atomic E-state index is 14.8. The van der Waals surface area contributed by atoms with Gasteiger partial charge in [0.05, 0.1) is 25.9 Å². The highest BCUT2D eigenvalue weighted by atomic mass is 19.2. The molecule has 0 spiro atoms. The Labute approximate surface area is 163 Å². The van der Waals surface area contributed by atoms with Gasteiger partial charge in [0, 0.05) is 18.1 Å². The average molecular weight is 394 g/mol. The lowest BCUT2D eigenvalue weighted by molar-refractivity contribution is -0.0464. The van der Waals surface area contributed by atoms with E-state index in [4.69, 9.17) is 14.2 Å². The summed E-state index contributed by atoms with van der Waals surface area (Å²) in [5, 5.41) is 0. The Morgan fingerprint density at radius 1 is 1.00 bits per heavy atom. The average Bonchev–Trinajstić information content (AvgIpc) is 2.71. The molecule has 0 amide bonds. The molecule has 0 aliphatic carbocycles. The zero-order valence-corrected chi connectivity index (χ0v) is 16.1. The van der Waals surface area contributed by atoms with Gasteiger partial charge in [-0.25, -0.2) is 13.2 Å². The Kier molecular flexibility index (Phi) is 6.97. The van der Waals surface area contributed by atoms with E-state index in [1.54, 1.807) is 13.0 Å². The van der Waals surface area contributed by atoms with E-state index in [-0.39, 0.29) is 28.9 Å². The van der Waals surface area contributed by atoms with Crippen molar-refractivity contribution in [3.8, 4) is 16.9 Å². The van der Waals surface area contributed by atoms with E-state index in [9.17, 15) is 13.2 Å². The molecule has 1 saturated heterocycles. The van der Waals surface area contributed by atoms with Gasteiger partial charge in [-0.05, 0) is 49.9 Å². The van der Waals surface area contributed by atoms with E-state index in [1.807, 2.05) is 6.92 Å². The fourth-order valence-electron chi connectivity index (χ4n) is 3.48. The van der Waals surface area contributed by atoms with Crippen LogP contribution in [0.5, 0.6) is 5.75 Å². The van der Waals surface area contributed by atoms with Gasteiger partial charge in [0.1, 0.15) is 0 Å². The number of rotatable bonds is 7. The first-order valence-electron chi connectivity index (χ1n) is 9.65. The van der Waals surface area contributed by atoms with E-state index >= 15 is 0 Å². The van der Waals surface area contributed by atoms with Crippen molar-refractivity contribution in [2.24, 2.45) is 0 Å². The van der Waals surface area contributed by atoms with E-state index < -0.39 is 17.5 Å². The quantitative estimate of drug-likeness (QED) is 0.623. The van der Waals surface area contributed by atoms with Crippen molar-refractivity contribution in [1.82, 2.24) is 0 Å². The molecule has 152 valence electrons. The monoisotopic (exact) mass is 394 g/mol. The molecule has 1 aliphatic rings. The Balaban J connectivity index is 1.78. The van der Waals surface area contributed by atoms with Crippen LogP contribution in [0.1, 0.15) is 38.2 Å². The summed E-state index contributed by atoms with van der Waals surface area (Å²) in [6.07, 6.45) is 1.43. The molecule has 3 nitrogen and oxygen atoms in total. The third-order valence-electron chi connectivity index (χ3n) is 4.97. The maximum atomic E-state index is 14.8. The molecule has 1 aliphatic heterocycles. The van der Waals surface area contributed by atoms with Gasteiger partial charge in [-0.1, -0.05) is 18.2 Å². The highest BCUT2D eigenvalue weighted by Crippen LogP contribution is 2.35.